The standard InChI is InChI=1S/C13H23NO2/c1-2-15-12-9-14(8-10-5-6-10)11-4-3-7-16-13(11)12/h10-13H,2-9H2,1H3/t11-,12+,13+/m0/s1. The largest absolute Gasteiger partial charge is 0.374 e. The summed E-state index contributed by atoms with van der Waals surface area (Å²) < 4.78 is 11.8. The SMILES string of the molecule is CCO[C@@H]1CN(CC2CC2)[C@H]2CCCO[C@@H]12. The predicted molar refractivity (Wildman–Crippen MR) is 62.5 cm³/mol. The van der Waals surface area contributed by atoms with E-state index in [-0.39, 0.29) is 0 Å². The van der Waals surface area contributed by atoms with Gasteiger partial charge in [0, 0.05) is 32.3 Å². The summed E-state index contributed by atoms with van der Waals surface area (Å²) in [5.41, 5.74) is 0. The van der Waals surface area contributed by atoms with Crippen molar-refractivity contribution in [3.8, 4) is 0 Å². The molecular formula is C13H23NO2. The Morgan fingerprint density at radius 1 is 1.31 bits per heavy atom. The van der Waals surface area contributed by atoms with Crippen molar-refractivity contribution in [3.63, 3.8) is 0 Å². The first-order valence-electron chi connectivity index (χ1n) is 6.85. The van der Waals surface area contributed by atoms with Crippen LogP contribution in [-0.2, 0) is 9.47 Å². The topological polar surface area (TPSA) is 21.7 Å². The molecule has 3 aliphatic rings. The van der Waals surface area contributed by atoms with Gasteiger partial charge in [-0.3, -0.25) is 4.90 Å². The molecule has 0 aromatic rings. The van der Waals surface area contributed by atoms with Gasteiger partial charge in [-0.1, -0.05) is 0 Å². The van der Waals surface area contributed by atoms with Crippen molar-refractivity contribution in [2.24, 2.45) is 5.92 Å². The summed E-state index contributed by atoms with van der Waals surface area (Å²) in [4.78, 5) is 2.64. The average Bonchev–Trinajstić information content (AvgIpc) is 3.05. The van der Waals surface area contributed by atoms with Crippen molar-refractivity contribution in [2.75, 3.05) is 26.3 Å². The fourth-order valence-electron chi connectivity index (χ4n) is 3.21. The zero-order chi connectivity index (χ0) is 11.0. The van der Waals surface area contributed by atoms with Crippen LogP contribution in [-0.4, -0.2) is 49.5 Å². The van der Waals surface area contributed by atoms with Crippen LogP contribution in [0, 0.1) is 5.92 Å². The molecule has 3 nitrogen and oxygen atoms in total. The number of fused-ring (bicyclic) bond motifs is 1. The maximum Gasteiger partial charge on any atom is 0.100 e. The molecule has 2 heterocycles. The molecule has 0 aromatic heterocycles. The van der Waals surface area contributed by atoms with Gasteiger partial charge in [0.05, 0.1) is 6.10 Å². The molecule has 0 aromatic carbocycles. The molecule has 2 aliphatic heterocycles. The second kappa shape index (κ2) is 4.63. The number of nitrogens with zero attached hydrogens (tertiary/aromatic N) is 1. The van der Waals surface area contributed by atoms with Gasteiger partial charge in [-0.25, -0.2) is 0 Å². The Labute approximate surface area is 98.1 Å². The molecule has 1 saturated carbocycles. The van der Waals surface area contributed by atoms with E-state index in [0.29, 0.717) is 18.2 Å². The normalized spacial score (nSPS) is 39.9. The van der Waals surface area contributed by atoms with Crippen molar-refractivity contribution in [1.29, 1.82) is 0 Å². The van der Waals surface area contributed by atoms with Gasteiger partial charge in [0.2, 0.25) is 0 Å². The Balaban J connectivity index is 1.65. The number of hydrogen-bond acceptors (Lipinski definition) is 3. The fraction of sp³-hybridized carbons (Fsp3) is 1.00. The van der Waals surface area contributed by atoms with Crippen LogP contribution in [0.3, 0.4) is 0 Å². The number of hydrogen-bond donors (Lipinski definition) is 0. The van der Waals surface area contributed by atoms with Crippen LogP contribution in [0.5, 0.6) is 0 Å². The lowest BCUT2D eigenvalue weighted by Gasteiger charge is -2.32. The van der Waals surface area contributed by atoms with E-state index in [1.54, 1.807) is 0 Å². The molecule has 0 unspecified atom stereocenters. The van der Waals surface area contributed by atoms with Gasteiger partial charge >= 0.3 is 0 Å². The number of ether oxygens (including phenoxy) is 2. The van der Waals surface area contributed by atoms with Crippen molar-refractivity contribution < 1.29 is 9.47 Å². The molecule has 3 fully saturated rings. The highest BCUT2D eigenvalue weighted by atomic mass is 16.5. The summed E-state index contributed by atoms with van der Waals surface area (Å²) in [5, 5.41) is 0. The summed E-state index contributed by atoms with van der Waals surface area (Å²) in [7, 11) is 0. The van der Waals surface area contributed by atoms with E-state index in [4.69, 9.17) is 9.47 Å². The quantitative estimate of drug-likeness (QED) is 0.726. The third kappa shape index (κ3) is 2.13. The first-order chi connectivity index (χ1) is 7.88. The van der Waals surface area contributed by atoms with Gasteiger partial charge in [-0.15, -0.1) is 0 Å². The van der Waals surface area contributed by atoms with Crippen LogP contribution in [0.15, 0.2) is 0 Å². The van der Waals surface area contributed by atoms with Crippen LogP contribution in [0.1, 0.15) is 32.6 Å². The highest BCUT2D eigenvalue weighted by Crippen LogP contribution is 2.36. The van der Waals surface area contributed by atoms with Gasteiger partial charge in [-0.2, -0.15) is 0 Å². The van der Waals surface area contributed by atoms with Gasteiger partial charge in [0.25, 0.3) is 0 Å². The van der Waals surface area contributed by atoms with E-state index >= 15 is 0 Å². The summed E-state index contributed by atoms with van der Waals surface area (Å²) in [6.45, 7) is 6.21. The van der Waals surface area contributed by atoms with Crippen LogP contribution in [0.2, 0.25) is 0 Å². The lowest BCUT2D eigenvalue weighted by Crippen LogP contribution is -2.42. The minimum Gasteiger partial charge on any atom is -0.374 e. The van der Waals surface area contributed by atoms with Gasteiger partial charge in [0.15, 0.2) is 0 Å². The Kier molecular flexibility index (Phi) is 3.18. The number of rotatable bonds is 4. The lowest BCUT2D eigenvalue weighted by molar-refractivity contribution is -0.0748. The molecule has 1 aliphatic carbocycles. The molecule has 0 amide bonds. The van der Waals surface area contributed by atoms with E-state index in [0.717, 1.165) is 25.7 Å². The predicted octanol–water partition coefficient (Wildman–Crippen LogP) is 1.66. The molecule has 3 heteroatoms. The summed E-state index contributed by atoms with van der Waals surface area (Å²) in [6, 6.07) is 0.644. The van der Waals surface area contributed by atoms with E-state index in [1.165, 1.54) is 32.2 Å². The summed E-state index contributed by atoms with van der Waals surface area (Å²) >= 11 is 0. The molecule has 0 spiro atoms. The summed E-state index contributed by atoms with van der Waals surface area (Å²) in [6.07, 6.45) is 6.09. The maximum absolute atomic E-state index is 5.93. The van der Waals surface area contributed by atoms with Crippen LogP contribution >= 0.6 is 0 Å². The molecule has 0 bridgehead atoms. The zero-order valence-electron chi connectivity index (χ0n) is 10.2. The Bertz CT molecular complexity index is 242. The highest BCUT2D eigenvalue weighted by Gasteiger charge is 2.45. The van der Waals surface area contributed by atoms with E-state index in [1.807, 2.05) is 0 Å². The molecule has 16 heavy (non-hydrogen) atoms. The first-order valence-corrected chi connectivity index (χ1v) is 6.85. The molecule has 0 N–H and O–H groups in total. The third-order valence-corrected chi connectivity index (χ3v) is 4.15. The molecule has 3 atom stereocenters. The molecular weight excluding hydrogens is 202 g/mol. The third-order valence-electron chi connectivity index (χ3n) is 4.15. The second-order valence-electron chi connectivity index (χ2n) is 5.44. The summed E-state index contributed by atoms with van der Waals surface area (Å²) in [5.74, 6) is 0.975. The van der Waals surface area contributed by atoms with E-state index in [9.17, 15) is 0 Å². The van der Waals surface area contributed by atoms with Gasteiger partial charge < -0.3 is 9.47 Å². The van der Waals surface area contributed by atoms with Crippen LogP contribution in [0.4, 0.5) is 0 Å². The van der Waals surface area contributed by atoms with E-state index < -0.39 is 0 Å². The minimum atomic E-state index is 0.328. The van der Waals surface area contributed by atoms with Gasteiger partial charge in [-0.05, 0) is 38.5 Å². The highest BCUT2D eigenvalue weighted by molar-refractivity contribution is 4.98. The van der Waals surface area contributed by atoms with Crippen molar-refractivity contribution in [3.05, 3.63) is 0 Å². The smallest absolute Gasteiger partial charge is 0.100 e. The molecule has 3 rings (SSSR count). The van der Waals surface area contributed by atoms with E-state index in [2.05, 4.69) is 11.8 Å². The first kappa shape index (κ1) is 11.0. The van der Waals surface area contributed by atoms with Crippen molar-refractivity contribution in [1.82, 2.24) is 4.90 Å². The maximum atomic E-state index is 5.93. The van der Waals surface area contributed by atoms with Crippen LogP contribution in [0.25, 0.3) is 0 Å². The Morgan fingerprint density at radius 2 is 2.19 bits per heavy atom. The Hall–Kier alpha value is -0.120. The monoisotopic (exact) mass is 225 g/mol. The lowest BCUT2D eigenvalue weighted by atomic mass is 10.0. The second-order valence-corrected chi connectivity index (χ2v) is 5.44. The van der Waals surface area contributed by atoms with Gasteiger partial charge in [0.1, 0.15) is 6.10 Å². The van der Waals surface area contributed by atoms with Crippen molar-refractivity contribution >= 4 is 0 Å². The fourth-order valence-corrected chi connectivity index (χ4v) is 3.21. The minimum absolute atomic E-state index is 0.328. The molecule has 2 saturated heterocycles. The zero-order valence-corrected chi connectivity index (χ0v) is 10.2. The Morgan fingerprint density at radius 3 is 2.94 bits per heavy atom. The molecule has 92 valence electrons. The van der Waals surface area contributed by atoms with Crippen molar-refractivity contribution in [2.45, 2.75) is 50.9 Å². The number of likely N-dealkylation sites (tertiary alicyclic amines) is 1. The average molecular weight is 225 g/mol. The van der Waals surface area contributed by atoms with Crippen LogP contribution < -0.4 is 0 Å². The molecule has 0 radical (unpaired) electrons.